The lowest BCUT2D eigenvalue weighted by molar-refractivity contribution is 0.669. The molecule has 4 aromatic heterocycles. The highest BCUT2D eigenvalue weighted by Gasteiger charge is 2.22. The number of furan rings is 1. The molecule has 0 saturated carbocycles. The van der Waals surface area contributed by atoms with Crippen molar-refractivity contribution in [3.63, 3.8) is 0 Å². The molecular weight excluding hydrogens is 757 g/mol. The lowest BCUT2D eigenvalue weighted by atomic mass is 9.96. The van der Waals surface area contributed by atoms with Crippen molar-refractivity contribution in [2.45, 2.75) is 0 Å². The third kappa shape index (κ3) is 6.14. The quantitative estimate of drug-likeness (QED) is 0.161. The zero-order valence-corrected chi connectivity index (χ0v) is 33.5. The molecule has 12 aromatic rings. The SMILES string of the molecule is c1ccc(-c2nc(-c3ccc(-c4ccc5oc6ccccc6c5c4)cc3)cc(-c3cccc(-c4cc5ccccc5c5c(-c6ccccc6)c(-c6ccccc6)nn45)c3)n2)cc1. The van der Waals surface area contributed by atoms with E-state index >= 15 is 0 Å². The number of nitrogens with zero attached hydrogens (tertiary/aromatic N) is 4. The second-order valence-corrected chi connectivity index (χ2v) is 15.6. The third-order valence-electron chi connectivity index (χ3n) is 11.8. The third-order valence-corrected chi connectivity index (χ3v) is 11.8. The Labute approximate surface area is 357 Å². The lowest BCUT2D eigenvalue weighted by Gasteiger charge is -2.13. The van der Waals surface area contributed by atoms with Gasteiger partial charge in [0.15, 0.2) is 5.82 Å². The van der Waals surface area contributed by atoms with Gasteiger partial charge in [-0.2, -0.15) is 5.10 Å². The second-order valence-electron chi connectivity index (χ2n) is 15.6. The van der Waals surface area contributed by atoms with Crippen molar-refractivity contribution in [1.29, 1.82) is 0 Å². The Morgan fingerprint density at radius 1 is 0.355 bits per heavy atom. The molecule has 0 aliphatic carbocycles. The fourth-order valence-electron chi connectivity index (χ4n) is 8.81. The number of pyridine rings is 1. The van der Waals surface area contributed by atoms with Crippen molar-refractivity contribution in [2.75, 3.05) is 0 Å². The lowest BCUT2D eigenvalue weighted by Crippen LogP contribution is -1.98. The Morgan fingerprint density at radius 2 is 0.935 bits per heavy atom. The second kappa shape index (κ2) is 14.7. The van der Waals surface area contributed by atoms with Crippen molar-refractivity contribution in [3.05, 3.63) is 218 Å². The van der Waals surface area contributed by atoms with Crippen molar-refractivity contribution < 1.29 is 4.42 Å². The van der Waals surface area contributed by atoms with Crippen LogP contribution >= 0.6 is 0 Å². The number of hydrogen-bond donors (Lipinski definition) is 0. The van der Waals surface area contributed by atoms with Crippen molar-refractivity contribution in [3.8, 4) is 78.7 Å². The van der Waals surface area contributed by atoms with Crippen molar-refractivity contribution in [1.82, 2.24) is 19.6 Å². The fraction of sp³-hybridized carbons (Fsp3) is 0. The van der Waals surface area contributed by atoms with E-state index in [1.807, 2.05) is 30.3 Å². The van der Waals surface area contributed by atoms with Gasteiger partial charge in [0.05, 0.1) is 22.6 Å². The molecule has 0 radical (unpaired) electrons. The predicted molar refractivity (Wildman–Crippen MR) is 254 cm³/mol. The molecule has 62 heavy (non-hydrogen) atoms. The molecule has 0 aliphatic heterocycles. The van der Waals surface area contributed by atoms with E-state index in [-0.39, 0.29) is 0 Å². The summed E-state index contributed by atoms with van der Waals surface area (Å²) in [7, 11) is 0. The van der Waals surface area contributed by atoms with Crippen LogP contribution in [0.3, 0.4) is 0 Å². The number of fused-ring (bicyclic) bond motifs is 6. The van der Waals surface area contributed by atoms with E-state index in [0.717, 1.165) is 111 Å². The topological polar surface area (TPSA) is 56.2 Å². The Morgan fingerprint density at radius 3 is 1.71 bits per heavy atom. The van der Waals surface area contributed by atoms with Gasteiger partial charge in [-0.1, -0.05) is 182 Å². The molecule has 0 fully saturated rings. The minimum Gasteiger partial charge on any atom is -0.456 e. The molecule has 0 atom stereocenters. The van der Waals surface area contributed by atoms with Gasteiger partial charge < -0.3 is 4.42 Å². The summed E-state index contributed by atoms with van der Waals surface area (Å²) < 4.78 is 8.24. The van der Waals surface area contributed by atoms with E-state index in [2.05, 4.69) is 193 Å². The van der Waals surface area contributed by atoms with Crippen LogP contribution in [0, 0.1) is 0 Å². The molecule has 0 unspecified atom stereocenters. The molecule has 4 heterocycles. The van der Waals surface area contributed by atoms with E-state index in [1.165, 1.54) is 0 Å². The van der Waals surface area contributed by atoms with Gasteiger partial charge in [0.2, 0.25) is 0 Å². The van der Waals surface area contributed by atoms with Crippen LogP contribution in [-0.4, -0.2) is 19.6 Å². The number of aromatic nitrogens is 4. The molecule has 5 nitrogen and oxygen atoms in total. The molecule has 0 saturated heterocycles. The number of rotatable bonds is 7. The minimum atomic E-state index is 0.671. The summed E-state index contributed by atoms with van der Waals surface area (Å²) in [6, 6.07) is 76.2. The monoisotopic (exact) mass is 792 g/mol. The molecule has 5 heteroatoms. The Balaban J connectivity index is 0.995. The minimum absolute atomic E-state index is 0.671. The van der Waals surface area contributed by atoms with E-state index in [9.17, 15) is 0 Å². The standard InChI is InChI=1S/C57H36N4O/c1-4-15-39(16-5-1)54-55(40-17-6-2-7-18-40)60-61-51(35-43-21-10-11-24-46(43)56(54)61)45-23-14-22-44(33-45)50-36-49(58-57(59-50)41-19-8-3-9-20-41)38-29-27-37(28-30-38)42-31-32-53-48(34-42)47-25-12-13-26-52(47)62-53/h1-36H. The molecule has 0 aliphatic rings. The van der Waals surface area contributed by atoms with Gasteiger partial charge in [-0.05, 0) is 58.5 Å². The van der Waals surface area contributed by atoms with Crippen LogP contribution in [0.5, 0.6) is 0 Å². The zero-order chi connectivity index (χ0) is 41.0. The summed E-state index contributed by atoms with van der Waals surface area (Å²) in [5, 5.41) is 9.97. The first-order valence-electron chi connectivity index (χ1n) is 20.8. The predicted octanol–water partition coefficient (Wildman–Crippen LogP) is 14.8. The van der Waals surface area contributed by atoms with Crippen LogP contribution < -0.4 is 0 Å². The maximum Gasteiger partial charge on any atom is 0.160 e. The molecular formula is C57H36N4O. The highest BCUT2D eigenvalue weighted by atomic mass is 16.3. The van der Waals surface area contributed by atoms with Crippen LogP contribution in [0.25, 0.3) is 117 Å². The molecule has 0 N–H and O–H groups in total. The highest BCUT2D eigenvalue weighted by molar-refractivity contribution is 6.09. The molecule has 0 amide bonds. The van der Waals surface area contributed by atoms with E-state index < -0.39 is 0 Å². The van der Waals surface area contributed by atoms with Crippen LogP contribution in [0.1, 0.15) is 0 Å². The summed E-state index contributed by atoms with van der Waals surface area (Å²) in [5.41, 5.74) is 16.0. The fourth-order valence-corrected chi connectivity index (χ4v) is 8.81. The van der Waals surface area contributed by atoms with Crippen LogP contribution in [0.2, 0.25) is 0 Å². The van der Waals surface area contributed by atoms with Gasteiger partial charge in [-0.25, -0.2) is 14.5 Å². The molecule has 12 rings (SSSR count). The maximum absolute atomic E-state index is 6.10. The van der Waals surface area contributed by atoms with Crippen molar-refractivity contribution in [2.24, 2.45) is 0 Å². The maximum atomic E-state index is 6.10. The summed E-state index contributed by atoms with van der Waals surface area (Å²) in [6.07, 6.45) is 0. The summed E-state index contributed by atoms with van der Waals surface area (Å²) >= 11 is 0. The molecule has 8 aromatic carbocycles. The van der Waals surface area contributed by atoms with Gasteiger partial charge >= 0.3 is 0 Å². The zero-order valence-electron chi connectivity index (χ0n) is 33.5. The van der Waals surface area contributed by atoms with Crippen LogP contribution in [-0.2, 0) is 0 Å². The number of benzene rings is 8. The Kier molecular flexibility index (Phi) is 8.42. The summed E-state index contributed by atoms with van der Waals surface area (Å²) in [5.74, 6) is 0.671. The van der Waals surface area contributed by atoms with Gasteiger partial charge in [-0.3, -0.25) is 0 Å². The van der Waals surface area contributed by atoms with Crippen LogP contribution in [0.4, 0.5) is 0 Å². The number of hydrogen-bond acceptors (Lipinski definition) is 4. The first kappa shape index (κ1) is 35.5. The van der Waals surface area contributed by atoms with Gasteiger partial charge in [0.1, 0.15) is 16.9 Å². The van der Waals surface area contributed by atoms with Gasteiger partial charge in [-0.15, -0.1) is 0 Å². The van der Waals surface area contributed by atoms with Crippen molar-refractivity contribution >= 4 is 38.2 Å². The highest BCUT2D eigenvalue weighted by Crippen LogP contribution is 2.41. The largest absolute Gasteiger partial charge is 0.456 e. The van der Waals surface area contributed by atoms with Gasteiger partial charge in [0, 0.05) is 49.5 Å². The normalized spacial score (nSPS) is 11.5. The smallest absolute Gasteiger partial charge is 0.160 e. The van der Waals surface area contributed by atoms with E-state index in [4.69, 9.17) is 19.5 Å². The first-order chi connectivity index (χ1) is 30.7. The Bertz CT molecular complexity index is 3610. The number of para-hydroxylation sites is 1. The summed E-state index contributed by atoms with van der Waals surface area (Å²) in [4.78, 5) is 10.4. The van der Waals surface area contributed by atoms with E-state index in [1.54, 1.807) is 0 Å². The van der Waals surface area contributed by atoms with E-state index in [0.29, 0.717) is 5.82 Å². The van der Waals surface area contributed by atoms with Gasteiger partial charge in [0.25, 0.3) is 0 Å². The Hall–Kier alpha value is -8.41. The van der Waals surface area contributed by atoms with Crippen LogP contribution in [0.15, 0.2) is 223 Å². The average molecular weight is 793 g/mol. The first-order valence-corrected chi connectivity index (χ1v) is 20.8. The molecule has 0 spiro atoms. The molecule has 290 valence electrons. The average Bonchev–Trinajstić information content (AvgIpc) is 3.94. The summed E-state index contributed by atoms with van der Waals surface area (Å²) in [6.45, 7) is 0. The molecule has 0 bridgehead atoms.